The number of amides is 1. The first kappa shape index (κ1) is 19.9. The fraction of sp³-hybridized carbons (Fsp3) is 0.176. The van der Waals surface area contributed by atoms with Gasteiger partial charge in [-0.3, -0.25) is 4.79 Å². The van der Waals surface area contributed by atoms with Crippen LogP contribution in [0.1, 0.15) is 20.7 Å². The third-order valence-corrected chi connectivity index (χ3v) is 5.83. The fourth-order valence-electron chi connectivity index (χ4n) is 2.11. The van der Waals surface area contributed by atoms with E-state index in [1.807, 2.05) is 0 Å². The van der Waals surface area contributed by atoms with E-state index in [0.717, 1.165) is 4.31 Å². The Bertz CT molecular complexity index is 957. The van der Waals surface area contributed by atoms with Gasteiger partial charge < -0.3 is 10.1 Å². The van der Waals surface area contributed by atoms with Crippen LogP contribution in [0, 0.1) is 0 Å². The number of ether oxygens (including phenoxy) is 1. The van der Waals surface area contributed by atoms with Crippen molar-refractivity contribution in [2.45, 2.75) is 4.90 Å². The van der Waals surface area contributed by atoms with Crippen molar-refractivity contribution in [2.24, 2.45) is 0 Å². The van der Waals surface area contributed by atoms with Gasteiger partial charge in [-0.15, -0.1) is 0 Å². The Morgan fingerprint density at radius 2 is 1.77 bits per heavy atom. The van der Waals surface area contributed by atoms with Crippen molar-refractivity contribution >= 4 is 39.2 Å². The van der Waals surface area contributed by atoms with Gasteiger partial charge in [-0.1, -0.05) is 23.7 Å². The summed E-state index contributed by atoms with van der Waals surface area (Å²) in [6.45, 7) is 0. The summed E-state index contributed by atoms with van der Waals surface area (Å²) in [5, 5.41) is 2.58. The van der Waals surface area contributed by atoms with Gasteiger partial charge in [0.15, 0.2) is 0 Å². The van der Waals surface area contributed by atoms with Crippen LogP contribution >= 0.6 is 11.6 Å². The molecule has 9 heteroatoms. The molecule has 0 atom stereocenters. The minimum Gasteiger partial charge on any atom is -0.465 e. The van der Waals surface area contributed by atoms with Crippen LogP contribution in [0.4, 0.5) is 5.69 Å². The number of esters is 1. The standard InChI is InChI=1S/C17H17ClN2O5S/c1-20(2)26(23,24)15-10-11(8-9-13(15)18)16(21)19-14-7-5-4-6-12(14)17(22)25-3/h4-10H,1-3H3,(H,19,21). The average Bonchev–Trinajstić information content (AvgIpc) is 2.61. The molecular formula is C17H17ClN2O5S. The minimum atomic E-state index is -3.81. The molecule has 2 aromatic carbocycles. The van der Waals surface area contributed by atoms with E-state index >= 15 is 0 Å². The SMILES string of the molecule is COC(=O)c1ccccc1NC(=O)c1ccc(Cl)c(S(=O)(=O)N(C)C)c1. The molecule has 0 saturated carbocycles. The number of carbonyl (C=O) groups is 2. The Labute approximate surface area is 156 Å². The highest BCUT2D eigenvalue weighted by atomic mass is 35.5. The van der Waals surface area contributed by atoms with E-state index in [9.17, 15) is 18.0 Å². The normalized spacial score (nSPS) is 11.3. The van der Waals surface area contributed by atoms with Crippen LogP contribution in [0.3, 0.4) is 0 Å². The first-order valence-corrected chi connectivity index (χ1v) is 9.21. The molecule has 0 spiro atoms. The lowest BCUT2D eigenvalue weighted by atomic mass is 10.1. The topological polar surface area (TPSA) is 92.8 Å². The molecule has 1 N–H and O–H groups in total. The number of anilines is 1. The monoisotopic (exact) mass is 396 g/mol. The number of nitrogens with zero attached hydrogens (tertiary/aromatic N) is 1. The van der Waals surface area contributed by atoms with Gasteiger partial charge in [0.1, 0.15) is 4.90 Å². The molecule has 2 aromatic rings. The van der Waals surface area contributed by atoms with E-state index in [4.69, 9.17) is 11.6 Å². The molecule has 0 aliphatic rings. The largest absolute Gasteiger partial charge is 0.465 e. The number of methoxy groups -OCH3 is 1. The Hall–Kier alpha value is -2.42. The first-order chi connectivity index (χ1) is 12.2. The van der Waals surface area contributed by atoms with Gasteiger partial charge in [0.2, 0.25) is 10.0 Å². The molecule has 26 heavy (non-hydrogen) atoms. The third-order valence-electron chi connectivity index (χ3n) is 3.53. The van der Waals surface area contributed by atoms with Crippen molar-refractivity contribution in [1.29, 1.82) is 0 Å². The zero-order valence-electron chi connectivity index (χ0n) is 14.3. The zero-order valence-corrected chi connectivity index (χ0v) is 15.9. The molecule has 0 heterocycles. The Kier molecular flexibility index (Phi) is 6.01. The highest BCUT2D eigenvalue weighted by Gasteiger charge is 2.23. The highest BCUT2D eigenvalue weighted by Crippen LogP contribution is 2.25. The summed E-state index contributed by atoms with van der Waals surface area (Å²) in [7, 11) is 0.152. The molecule has 0 saturated heterocycles. The Balaban J connectivity index is 2.40. The molecule has 0 aliphatic heterocycles. The lowest BCUT2D eigenvalue weighted by Gasteiger charge is -2.14. The van der Waals surface area contributed by atoms with Crippen LogP contribution in [0.15, 0.2) is 47.4 Å². The van der Waals surface area contributed by atoms with Crippen molar-refractivity contribution in [3.05, 3.63) is 58.6 Å². The number of carbonyl (C=O) groups excluding carboxylic acids is 2. The number of hydrogen-bond acceptors (Lipinski definition) is 5. The van der Waals surface area contributed by atoms with Gasteiger partial charge >= 0.3 is 5.97 Å². The highest BCUT2D eigenvalue weighted by molar-refractivity contribution is 7.89. The van der Waals surface area contributed by atoms with Crippen LogP contribution in [0.25, 0.3) is 0 Å². The van der Waals surface area contributed by atoms with Gasteiger partial charge in [0, 0.05) is 19.7 Å². The average molecular weight is 397 g/mol. The predicted octanol–water partition coefficient (Wildman–Crippen LogP) is 2.63. The molecule has 2 rings (SSSR count). The third kappa shape index (κ3) is 4.04. The van der Waals surface area contributed by atoms with E-state index in [-0.39, 0.29) is 26.7 Å². The van der Waals surface area contributed by atoms with Crippen LogP contribution in [-0.4, -0.2) is 45.8 Å². The number of sulfonamides is 1. The number of hydrogen-bond donors (Lipinski definition) is 1. The van der Waals surface area contributed by atoms with Gasteiger partial charge in [0.25, 0.3) is 5.91 Å². The number of para-hydroxylation sites is 1. The minimum absolute atomic E-state index is 0.00482. The lowest BCUT2D eigenvalue weighted by Crippen LogP contribution is -2.23. The van der Waals surface area contributed by atoms with Gasteiger partial charge in [-0.05, 0) is 30.3 Å². The van der Waals surface area contributed by atoms with Crippen molar-refractivity contribution < 1.29 is 22.7 Å². The molecule has 0 fully saturated rings. The maximum atomic E-state index is 12.5. The van der Waals surface area contributed by atoms with Crippen molar-refractivity contribution in [3.8, 4) is 0 Å². The smallest absolute Gasteiger partial charge is 0.339 e. The number of nitrogens with one attached hydrogen (secondary N) is 1. The summed E-state index contributed by atoms with van der Waals surface area (Å²) in [6.07, 6.45) is 0. The van der Waals surface area contributed by atoms with Crippen LogP contribution in [-0.2, 0) is 14.8 Å². The van der Waals surface area contributed by atoms with Crippen molar-refractivity contribution in [2.75, 3.05) is 26.5 Å². The van der Waals surface area contributed by atoms with Crippen LogP contribution in [0.2, 0.25) is 5.02 Å². The molecule has 0 aromatic heterocycles. The Morgan fingerprint density at radius 3 is 2.38 bits per heavy atom. The lowest BCUT2D eigenvalue weighted by molar-refractivity contribution is 0.0602. The molecular weight excluding hydrogens is 380 g/mol. The second kappa shape index (κ2) is 7.86. The molecule has 7 nitrogen and oxygen atoms in total. The number of benzene rings is 2. The number of halogens is 1. The summed E-state index contributed by atoms with van der Waals surface area (Å²) in [6, 6.07) is 10.2. The second-order valence-corrected chi connectivity index (χ2v) is 7.95. The second-order valence-electron chi connectivity index (χ2n) is 5.42. The molecule has 0 radical (unpaired) electrons. The molecule has 0 unspecified atom stereocenters. The van der Waals surface area contributed by atoms with E-state index in [2.05, 4.69) is 10.1 Å². The maximum Gasteiger partial charge on any atom is 0.339 e. The first-order valence-electron chi connectivity index (χ1n) is 7.39. The van der Waals surface area contributed by atoms with E-state index < -0.39 is 21.9 Å². The summed E-state index contributed by atoms with van der Waals surface area (Å²) in [5.74, 6) is -1.19. The van der Waals surface area contributed by atoms with Gasteiger partial charge in [-0.2, -0.15) is 0 Å². The molecule has 138 valence electrons. The fourth-order valence-corrected chi connectivity index (χ4v) is 3.51. The summed E-state index contributed by atoms with van der Waals surface area (Å²) in [4.78, 5) is 24.1. The maximum absolute atomic E-state index is 12.5. The van der Waals surface area contributed by atoms with Crippen molar-refractivity contribution in [3.63, 3.8) is 0 Å². The van der Waals surface area contributed by atoms with Gasteiger partial charge in [-0.25, -0.2) is 17.5 Å². The summed E-state index contributed by atoms with van der Waals surface area (Å²) in [5.41, 5.74) is 0.504. The van der Waals surface area contributed by atoms with Crippen LogP contribution < -0.4 is 5.32 Å². The van der Waals surface area contributed by atoms with Crippen molar-refractivity contribution in [1.82, 2.24) is 4.31 Å². The molecule has 1 amide bonds. The van der Waals surface area contributed by atoms with E-state index in [1.54, 1.807) is 12.1 Å². The Morgan fingerprint density at radius 1 is 1.12 bits per heavy atom. The summed E-state index contributed by atoms with van der Waals surface area (Å²) >= 11 is 5.98. The summed E-state index contributed by atoms with van der Waals surface area (Å²) < 4.78 is 30.3. The molecule has 0 aliphatic carbocycles. The number of rotatable bonds is 5. The van der Waals surface area contributed by atoms with Crippen LogP contribution in [0.5, 0.6) is 0 Å². The van der Waals surface area contributed by atoms with E-state index in [0.29, 0.717) is 0 Å². The zero-order chi connectivity index (χ0) is 19.5. The predicted molar refractivity (Wildman–Crippen MR) is 98.1 cm³/mol. The molecule has 0 bridgehead atoms. The quantitative estimate of drug-likeness (QED) is 0.784. The van der Waals surface area contributed by atoms with E-state index in [1.165, 1.54) is 51.5 Å². The van der Waals surface area contributed by atoms with Gasteiger partial charge in [0.05, 0.1) is 23.4 Å².